The predicted octanol–water partition coefficient (Wildman–Crippen LogP) is 4.92. The van der Waals surface area contributed by atoms with E-state index in [0.29, 0.717) is 17.2 Å². The molecular weight excluding hydrogens is 396 g/mol. The lowest BCUT2D eigenvalue weighted by molar-refractivity contribution is 0.0693. The van der Waals surface area contributed by atoms with E-state index in [2.05, 4.69) is 9.97 Å². The molecule has 1 aromatic heterocycles. The van der Waals surface area contributed by atoms with Crippen LogP contribution in [0.25, 0.3) is 11.1 Å². The molecule has 0 spiro atoms. The summed E-state index contributed by atoms with van der Waals surface area (Å²) in [4.78, 5) is 19.0. The van der Waals surface area contributed by atoms with Gasteiger partial charge in [-0.25, -0.2) is 14.8 Å². The molecule has 0 atom stereocenters. The molecule has 0 saturated carbocycles. The van der Waals surface area contributed by atoms with Crippen LogP contribution in [0.1, 0.15) is 15.9 Å². The molecule has 0 radical (unpaired) electrons. The maximum atomic E-state index is 11.2. The van der Waals surface area contributed by atoms with Crippen molar-refractivity contribution in [2.45, 2.75) is 6.61 Å². The van der Waals surface area contributed by atoms with Crippen molar-refractivity contribution in [2.24, 2.45) is 0 Å². The van der Waals surface area contributed by atoms with Crippen molar-refractivity contribution in [3.05, 3.63) is 96.6 Å². The van der Waals surface area contributed by atoms with Gasteiger partial charge >= 0.3 is 5.97 Å². The smallest absolute Gasteiger partial charge is 0.339 e. The van der Waals surface area contributed by atoms with Gasteiger partial charge in [0.05, 0.1) is 12.4 Å². The molecule has 4 aromatic rings. The van der Waals surface area contributed by atoms with Crippen molar-refractivity contribution >= 4 is 5.97 Å². The molecule has 4 rings (SSSR count). The lowest BCUT2D eigenvalue weighted by Crippen LogP contribution is -2.00. The van der Waals surface area contributed by atoms with Crippen molar-refractivity contribution in [3.8, 4) is 34.1 Å². The highest BCUT2D eigenvalue weighted by Crippen LogP contribution is 2.28. The fraction of sp³-hybridized carbons (Fsp3) is 0.0417. The van der Waals surface area contributed by atoms with Gasteiger partial charge in [-0.15, -0.1) is 0 Å². The van der Waals surface area contributed by atoms with E-state index in [9.17, 15) is 9.90 Å². The fourth-order valence-corrected chi connectivity index (χ4v) is 3.00. The summed E-state index contributed by atoms with van der Waals surface area (Å²) in [5, 5.41) is 18.7. The zero-order valence-electron chi connectivity index (χ0n) is 16.3. The van der Waals surface area contributed by atoms with E-state index in [4.69, 9.17) is 14.6 Å². The molecule has 1 heterocycles. The van der Waals surface area contributed by atoms with E-state index in [0.717, 1.165) is 16.7 Å². The van der Waals surface area contributed by atoms with E-state index < -0.39 is 5.97 Å². The number of nitrogens with zero attached hydrogens (tertiary/aromatic N) is 2. The number of aromatic nitrogens is 2. The second kappa shape index (κ2) is 8.96. The van der Waals surface area contributed by atoms with Crippen LogP contribution in [-0.2, 0) is 6.61 Å². The normalized spacial score (nSPS) is 10.5. The van der Waals surface area contributed by atoms with Crippen molar-refractivity contribution in [1.82, 2.24) is 9.97 Å². The van der Waals surface area contributed by atoms with Gasteiger partial charge in [0, 0.05) is 0 Å². The average molecular weight is 414 g/mol. The summed E-state index contributed by atoms with van der Waals surface area (Å²) in [6, 6.07) is 19.6. The molecule has 7 nitrogen and oxygen atoms in total. The molecule has 31 heavy (non-hydrogen) atoms. The van der Waals surface area contributed by atoms with Gasteiger partial charge in [-0.3, -0.25) is 0 Å². The number of aromatic hydroxyl groups is 1. The number of carbonyl (C=O) groups is 1. The van der Waals surface area contributed by atoms with Crippen LogP contribution in [0, 0.1) is 0 Å². The fourth-order valence-electron chi connectivity index (χ4n) is 3.00. The van der Waals surface area contributed by atoms with Crippen LogP contribution in [0.2, 0.25) is 0 Å². The third kappa shape index (κ3) is 4.97. The molecule has 0 bridgehead atoms. The van der Waals surface area contributed by atoms with Gasteiger partial charge in [0.1, 0.15) is 35.7 Å². The van der Waals surface area contributed by atoms with Crippen LogP contribution >= 0.6 is 0 Å². The largest absolute Gasteiger partial charge is 0.507 e. The first-order valence-corrected chi connectivity index (χ1v) is 9.40. The van der Waals surface area contributed by atoms with E-state index in [1.165, 1.54) is 24.5 Å². The first-order chi connectivity index (χ1) is 15.1. The Morgan fingerprint density at radius 3 is 2.35 bits per heavy atom. The Balaban J connectivity index is 1.49. The number of phenols is 1. The highest BCUT2D eigenvalue weighted by molar-refractivity contribution is 5.91. The van der Waals surface area contributed by atoms with Crippen molar-refractivity contribution in [1.29, 1.82) is 0 Å². The van der Waals surface area contributed by atoms with E-state index in [1.807, 2.05) is 48.5 Å². The average Bonchev–Trinajstić information content (AvgIpc) is 2.79. The molecule has 0 fully saturated rings. The van der Waals surface area contributed by atoms with Gasteiger partial charge in [-0.05, 0) is 53.1 Å². The maximum Gasteiger partial charge on any atom is 0.339 e. The minimum absolute atomic E-state index is 0.202. The minimum Gasteiger partial charge on any atom is -0.507 e. The number of carboxylic acid groups (broad SMARTS) is 1. The van der Waals surface area contributed by atoms with Crippen LogP contribution in [0.5, 0.6) is 23.0 Å². The molecule has 0 amide bonds. The monoisotopic (exact) mass is 414 g/mol. The lowest BCUT2D eigenvalue weighted by Gasteiger charge is -2.10. The van der Waals surface area contributed by atoms with Crippen LogP contribution in [-0.4, -0.2) is 26.2 Å². The molecular formula is C24H18N2O5. The van der Waals surface area contributed by atoms with E-state index in [-0.39, 0.29) is 17.9 Å². The van der Waals surface area contributed by atoms with Crippen LogP contribution in [0.4, 0.5) is 0 Å². The second-order valence-electron chi connectivity index (χ2n) is 6.68. The number of hydrogen-bond donors (Lipinski definition) is 2. The van der Waals surface area contributed by atoms with Gasteiger partial charge in [-0.1, -0.05) is 30.3 Å². The third-order valence-electron chi connectivity index (χ3n) is 4.47. The molecule has 0 aliphatic heterocycles. The van der Waals surface area contributed by atoms with Gasteiger partial charge in [0.2, 0.25) is 0 Å². The first-order valence-electron chi connectivity index (χ1n) is 9.40. The van der Waals surface area contributed by atoms with Gasteiger partial charge in [-0.2, -0.15) is 0 Å². The maximum absolute atomic E-state index is 11.2. The summed E-state index contributed by atoms with van der Waals surface area (Å²) >= 11 is 0. The zero-order chi connectivity index (χ0) is 21.6. The molecule has 0 saturated heterocycles. The van der Waals surface area contributed by atoms with Crippen LogP contribution in [0.3, 0.4) is 0 Å². The van der Waals surface area contributed by atoms with Gasteiger partial charge in [0.25, 0.3) is 0 Å². The van der Waals surface area contributed by atoms with Crippen LogP contribution in [0.15, 0.2) is 85.5 Å². The number of carboxylic acids is 1. The number of benzene rings is 3. The Kier molecular flexibility index (Phi) is 5.75. The molecule has 7 heteroatoms. The molecule has 0 aliphatic rings. The Hall–Kier alpha value is -4.39. The van der Waals surface area contributed by atoms with Crippen molar-refractivity contribution < 1.29 is 24.5 Å². The molecule has 0 aliphatic carbocycles. The minimum atomic E-state index is -1.21. The standard InChI is InChI=1S/C24H18N2O5/c27-23-8-7-19(11-22(23)24(28)29)30-14-16-3-1-4-17(9-16)18-5-2-6-20(10-18)31-21-12-25-15-26-13-21/h1-13,15,27H,14H2,(H,28,29). The highest BCUT2D eigenvalue weighted by Gasteiger charge is 2.11. The predicted molar refractivity (Wildman–Crippen MR) is 113 cm³/mol. The summed E-state index contributed by atoms with van der Waals surface area (Å²) < 4.78 is 11.5. The summed E-state index contributed by atoms with van der Waals surface area (Å²) in [7, 11) is 0. The molecule has 154 valence electrons. The third-order valence-corrected chi connectivity index (χ3v) is 4.47. The molecule has 3 aromatic carbocycles. The SMILES string of the molecule is O=C(O)c1cc(OCc2cccc(-c3cccc(Oc4cncnc4)c3)c2)ccc1O. The van der Waals surface area contributed by atoms with E-state index >= 15 is 0 Å². The molecule has 0 unspecified atom stereocenters. The highest BCUT2D eigenvalue weighted by atomic mass is 16.5. The summed E-state index contributed by atoms with van der Waals surface area (Å²) in [6.07, 6.45) is 4.63. The van der Waals surface area contributed by atoms with Crippen LogP contribution < -0.4 is 9.47 Å². The second-order valence-corrected chi connectivity index (χ2v) is 6.68. The van der Waals surface area contributed by atoms with E-state index in [1.54, 1.807) is 12.4 Å². The number of ether oxygens (including phenoxy) is 2. The zero-order valence-corrected chi connectivity index (χ0v) is 16.3. The van der Waals surface area contributed by atoms with Crippen molar-refractivity contribution in [3.63, 3.8) is 0 Å². The first kappa shape index (κ1) is 19.9. The summed E-state index contributed by atoms with van der Waals surface area (Å²) in [5.41, 5.74) is 2.65. The quantitative estimate of drug-likeness (QED) is 0.443. The Labute approximate surface area is 178 Å². The van der Waals surface area contributed by atoms with Gasteiger partial charge in [0.15, 0.2) is 5.75 Å². The topological polar surface area (TPSA) is 102 Å². The number of aromatic carboxylic acids is 1. The Bertz CT molecular complexity index is 1210. The summed E-state index contributed by atoms with van der Waals surface area (Å²) in [6.45, 7) is 0.245. The van der Waals surface area contributed by atoms with Gasteiger partial charge < -0.3 is 19.7 Å². The Morgan fingerprint density at radius 2 is 1.58 bits per heavy atom. The number of rotatable bonds is 7. The summed E-state index contributed by atoms with van der Waals surface area (Å²) in [5.74, 6) is 0.0666. The number of hydrogen-bond acceptors (Lipinski definition) is 6. The lowest BCUT2D eigenvalue weighted by atomic mass is 10.0. The Morgan fingerprint density at radius 1 is 0.839 bits per heavy atom. The van der Waals surface area contributed by atoms with Crippen molar-refractivity contribution in [2.75, 3.05) is 0 Å². The molecule has 2 N–H and O–H groups in total.